The highest BCUT2D eigenvalue weighted by Crippen LogP contribution is 2.19. The summed E-state index contributed by atoms with van der Waals surface area (Å²) >= 11 is 0. The first-order chi connectivity index (χ1) is 12.9. The molecule has 0 bridgehead atoms. The molecule has 0 aliphatic carbocycles. The molecule has 1 aromatic carbocycles. The molecule has 1 saturated heterocycles. The normalized spacial score (nSPS) is 21.3. The van der Waals surface area contributed by atoms with Crippen LogP contribution in [0.4, 0.5) is 4.39 Å². The molecule has 2 aromatic rings. The maximum absolute atomic E-state index is 13.2. The van der Waals surface area contributed by atoms with Crippen molar-refractivity contribution in [1.82, 2.24) is 20.2 Å². The number of likely N-dealkylation sites (tertiary alicyclic amines) is 1. The van der Waals surface area contributed by atoms with Crippen LogP contribution in [0.2, 0.25) is 0 Å². The van der Waals surface area contributed by atoms with Gasteiger partial charge in [-0.25, -0.2) is 9.07 Å². The fourth-order valence-corrected chi connectivity index (χ4v) is 3.88. The topological polar surface area (TPSA) is 91.1 Å². The molecule has 146 valence electrons. The number of aromatic nitrogens is 4. The fraction of sp³-hybridized carbons (Fsp3) is 0.579. The van der Waals surface area contributed by atoms with Crippen molar-refractivity contribution in [2.24, 2.45) is 17.6 Å². The summed E-state index contributed by atoms with van der Waals surface area (Å²) in [7, 11) is 0. The van der Waals surface area contributed by atoms with Gasteiger partial charge in [-0.2, -0.15) is 0 Å². The summed E-state index contributed by atoms with van der Waals surface area (Å²) in [6, 6.07) is 6.57. The number of carbonyl (C=O) groups excluding carboxylic acids is 1. The van der Waals surface area contributed by atoms with E-state index in [1.807, 2.05) is 4.68 Å². The summed E-state index contributed by atoms with van der Waals surface area (Å²) in [5.74, 6) is 0.863. The molecule has 1 fully saturated rings. The Kier molecular flexibility index (Phi) is 6.15. The van der Waals surface area contributed by atoms with Crippen LogP contribution in [-0.4, -0.2) is 39.2 Å². The van der Waals surface area contributed by atoms with E-state index in [1.165, 1.54) is 17.0 Å². The molecule has 0 saturated carbocycles. The minimum Gasteiger partial charge on any atom is -0.369 e. The van der Waals surface area contributed by atoms with Crippen molar-refractivity contribution in [2.75, 3.05) is 13.1 Å². The minimum absolute atomic E-state index is 0.0244. The van der Waals surface area contributed by atoms with Gasteiger partial charge in [0.1, 0.15) is 11.9 Å². The number of nitrogens with zero attached hydrogens (tertiary/aromatic N) is 4. The monoisotopic (exact) mass is 375 g/mol. The molecule has 8 heteroatoms. The SMILES string of the molecule is CC(C)C[C@H](c1nnnn1Cc1ccc(F)cc1)[NH+]1CCC(C(N)=O)CC1. The van der Waals surface area contributed by atoms with Crippen LogP contribution in [0.1, 0.15) is 50.5 Å². The predicted molar refractivity (Wildman–Crippen MR) is 98.1 cm³/mol. The van der Waals surface area contributed by atoms with Gasteiger partial charge in [-0.15, -0.1) is 5.10 Å². The third-order valence-electron chi connectivity index (χ3n) is 5.35. The second kappa shape index (κ2) is 8.56. The number of hydrogen-bond acceptors (Lipinski definition) is 4. The summed E-state index contributed by atoms with van der Waals surface area (Å²) in [6.07, 6.45) is 2.57. The van der Waals surface area contributed by atoms with Crippen LogP contribution in [0.15, 0.2) is 24.3 Å². The summed E-state index contributed by atoms with van der Waals surface area (Å²) in [4.78, 5) is 12.9. The van der Waals surface area contributed by atoms with Crippen LogP contribution in [0, 0.1) is 17.7 Å². The number of rotatable bonds is 7. The lowest BCUT2D eigenvalue weighted by Gasteiger charge is -2.34. The third kappa shape index (κ3) is 4.88. The van der Waals surface area contributed by atoms with Crippen molar-refractivity contribution in [3.8, 4) is 0 Å². The Morgan fingerprint density at radius 2 is 1.96 bits per heavy atom. The summed E-state index contributed by atoms with van der Waals surface area (Å²) in [6.45, 7) is 6.66. The van der Waals surface area contributed by atoms with E-state index >= 15 is 0 Å². The van der Waals surface area contributed by atoms with Crippen LogP contribution >= 0.6 is 0 Å². The molecule has 0 spiro atoms. The number of hydrogen-bond donors (Lipinski definition) is 2. The quantitative estimate of drug-likeness (QED) is 0.746. The average molecular weight is 375 g/mol. The van der Waals surface area contributed by atoms with Crippen LogP contribution in [0.25, 0.3) is 0 Å². The molecule has 1 aliphatic rings. The largest absolute Gasteiger partial charge is 0.369 e. The van der Waals surface area contributed by atoms with Gasteiger partial charge in [0.2, 0.25) is 11.7 Å². The van der Waals surface area contributed by atoms with E-state index < -0.39 is 0 Å². The molecular weight excluding hydrogens is 347 g/mol. The maximum Gasteiger partial charge on any atom is 0.220 e. The Balaban J connectivity index is 1.78. The minimum atomic E-state index is -0.255. The fourth-order valence-electron chi connectivity index (χ4n) is 3.88. The van der Waals surface area contributed by atoms with Crippen molar-refractivity contribution in [1.29, 1.82) is 0 Å². The number of halogens is 1. The summed E-state index contributed by atoms with van der Waals surface area (Å²) in [5.41, 5.74) is 6.43. The first-order valence-electron chi connectivity index (χ1n) is 9.58. The van der Waals surface area contributed by atoms with E-state index in [0.29, 0.717) is 12.5 Å². The molecule has 3 N–H and O–H groups in total. The van der Waals surface area contributed by atoms with Crippen LogP contribution < -0.4 is 10.6 Å². The van der Waals surface area contributed by atoms with Gasteiger partial charge in [0, 0.05) is 25.2 Å². The van der Waals surface area contributed by atoms with E-state index in [4.69, 9.17) is 5.73 Å². The van der Waals surface area contributed by atoms with Gasteiger partial charge < -0.3 is 10.6 Å². The maximum atomic E-state index is 13.2. The number of carbonyl (C=O) groups is 1. The van der Waals surface area contributed by atoms with Crippen molar-refractivity contribution in [2.45, 2.75) is 45.7 Å². The number of piperidine rings is 1. The van der Waals surface area contributed by atoms with Gasteiger partial charge in [0.05, 0.1) is 19.6 Å². The number of benzene rings is 1. The van der Waals surface area contributed by atoms with E-state index in [-0.39, 0.29) is 23.7 Å². The van der Waals surface area contributed by atoms with Gasteiger partial charge in [0.25, 0.3) is 0 Å². The molecule has 1 amide bonds. The van der Waals surface area contributed by atoms with E-state index in [2.05, 4.69) is 29.4 Å². The zero-order chi connectivity index (χ0) is 19.4. The average Bonchev–Trinajstić information content (AvgIpc) is 3.09. The molecule has 2 heterocycles. The molecule has 27 heavy (non-hydrogen) atoms. The number of tetrazole rings is 1. The Hall–Kier alpha value is -2.35. The molecule has 1 aliphatic heterocycles. The number of quaternary nitrogens is 1. The smallest absolute Gasteiger partial charge is 0.220 e. The predicted octanol–water partition coefficient (Wildman–Crippen LogP) is 0.728. The highest BCUT2D eigenvalue weighted by atomic mass is 19.1. The van der Waals surface area contributed by atoms with Gasteiger partial charge >= 0.3 is 0 Å². The highest BCUT2D eigenvalue weighted by molar-refractivity contribution is 5.76. The molecule has 7 nitrogen and oxygen atoms in total. The van der Waals surface area contributed by atoms with Crippen LogP contribution in [-0.2, 0) is 11.3 Å². The Bertz CT molecular complexity index is 752. The van der Waals surface area contributed by atoms with Crippen LogP contribution in [0.3, 0.4) is 0 Å². The molecular formula is C19H28FN6O+. The van der Waals surface area contributed by atoms with Crippen LogP contribution in [0.5, 0.6) is 0 Å². The van der Waals surface area contributed by atoms with Crippen molar-refractivity contribution in [3.63, 3.8) is 0 Å². The molecule has 3 rings (SSSR count). The van der Waals surface area contributed by atoms with E-state index in [9.17, 15) is 9.18 Å². The Labute approximate surface area is 158 Å². The second-order valence-corrected chi connectivity index (χ2v) is 7.84. The number of amides is 1. The molecule has 0 unspecified atom stereocenters. The molecule has 1 atom stereocenters. The lowest BCUT2D eigenvalue weighted by atomic mass is 9.93. The van der Waals surface area contributed by atoms with Crippen molar-refractivity contribution >= 4 is 5.91 Å². The summed E-state index contributed by atoms with van der Waals surface area (Å²) < 4.78 is 15.0. The summed E-state index contributed by atoms with van der Waals surface area (Å²) in [5, 5.41) is 12.4. The second-order valence-electron chi connectivity index (χ2n) is 7.84. The molecule has 0 radical (unpaired) electrons. The van der Waals surface area contributed by atoms with Crippen molar-refractivity contribution in [3.05, 3.63) is 41.5 Å². The van der Waals surface area contributed by atoms with Gasteiger partial charge in [-0.3, -0.25) is 4.79 Å². The number of nitrogens with one attached hydrogen (secondary N) is 1. The standard InChI is InChI=1S/C19H27FN6O/c1-13(2)11-17(25-9-7-15(8-10-25)18(21)27)19-22-23-24-26(19)12-14-3-5-16(20)6-4-14/h3-6,13,15,17H,7-12H2,1-2H3,(H2,21,27)/p+1/t17-/m1/s1. The van der Waals surface area contributed by atoms with Crippen molar-refractivity contribution < 1.29 is 14.1 Å². The first kappa shape index (κ1) is 19.4. The van der Waals surface area contributed by atoms with E-state index in [1.54, 1.807) is 12.1 Å². The third-order valence-corrected chi connectivity index (χ3v) is 5.35. The number of nitrogens with two attached hydrogens (primary N) is 1. The first-order valence-corrected chi connectivity index (χ1v) is 9.58. The van der Waals surface area contributed by atoms with Gasteiger partial charge in [-0.05, 0) is 34.0 Å². The molecule has 1 aromatic heterocycles. The highest BCUT2D eigenvalue weighted by Gasteiger charge is 2.35. The zero-order valence-electron chi connectivity index (χ0n) is 15.9. The van der Waals surface area contributed by atoms with E-state index in [0.717, 1.165) is 43.7 Å². The van der Waals surface area contributed by atoms with Gasteiger partial charge in [0.15, 0.2) is 0 Å². The lowest BCUT2D eigenvalue weighted by molar-refractivity contribution is -0.938. The Morgan fingerprint density at radius 3 is 2.56 bits per heavy atom. The Morgan fingerprint density at radius 1 is 1.30 bits per heavy atom. The number of primary amides is 1. The van der Waals surface area contributed by atoms with Gasteiger partial charge in [-0.1, -0.05) is 26.0 Å². The lowest BCUT2D eigenvalue weighted by Crippen LogP contribution is -3.13. The zero-order valence-corrected chi connectivity index (χ0v) is 15.9.